The van der Waals surface area contributed by atoms with E-state index in [9.17, 15) is 24.3 Å². The molecule has 0 aliphatic carbocycles. The summed E-state index contributed by atoms with van der Waals surface area (Å²) in [5.41, 5.74) is 9.75. The monoisotopic (exact) mass is 702 g/mol. The van der Waals surface area contributed by atoms with Gasteiger partial charge < -0.3 is 45.1 Å². The summed E-state index contributed by atoms with van der Waals surface area (Å²) in [6, 6.07) is 0. The third kappa shape index (κ3) is 4.79. The van der Waals surface area contributed by atoms with Gasteiger partial charge in [-0.1, -0.05) is 0 Å². The third-order valence-corrected chi connectivity index (χ3v) is 10.6. The first kappa shape index (κ1) is 30.3. The summed E-state index contributed by atoms with van der Waals surface area (Å²) in [4.78, 5) is 57.2. The molecule has 0 radical (unpaired) electrons. The van der Waals surface area contributed by atoms with Crippen molar-refractivity contribution in [1.29, 1.82) is 0 Å². The summed E-state index contributed by atoms with van der Waals surface area (Å²) >= 11 is 5.31. The van der Waals surface area contributed by atoms with E-state index in [4.69, 9.17) is 55.6 Å². The minimum atomic E-state index is -5.05. The number of nitrogens with zero attached hydrogens (tertiary/aromatic N) is 7. The number of ether oxygens (including phenoxy) is 3. The number of anilines is 2. The number of phosphoric ester groups is 1. The van der Waals surface area contributed by atoms with Gasteiger partial charge in [-0.05, 0) is 11.8 Å². The number of aromatic amines is 1. The fourth-order valence-electron chi connectivity index (χ4n) is 5.97. The molecule has 0 saturated carbocycles. The second-order valence-corrected chi connectivity index (χ2v) is 15.1. The maximum atomic E-state index is 13.4. The maximum absolute atomic E-state index is 13.4. The van der Waals surface area contributed by atoms with Gasteiger partial charge in [-0.3, -0.25) is 32.5 Å². The van der Waals surface area contributed by atoms with E-state index in [1.54, 1.807) is 0 Å². The first-order chi connectivity index (χ1) is 21.8. The van der Waals surface area contributed by atoms with Crippen LogP contribution in [0.3, 0.4) is 0 Å². The number of aliphatic hydroxyl groups excluding tert-OH is 1. The lowest BCUT2D eigenvalue weighted by atomic mass is 10.0. The number of nitrogens with one attached hydrogen (secondary N) is 1. The van der Waals surface area contributed by atoms with Gasteiger partial charge in [-0.15, -0.1) is 0 Å². The lowest BCUT2D eigenvalue weighted by Gasteiger charge is -2.32. The zero-order chi connectivity index (χ0) is 32.2. The van der Waals surface area contributed by atoms with Gasteiger partial charge in [0.05, 0.1) is 32.5 Å². The van der Waals surface area contributed by atoms with Crippen LogP contribution in [0.25, 0.3) is 22.3 Å². The summed E-state index contributed by atoms with van der Waals surface area (Å²) in [6.07, 6.45) is -5.34. The molecule has 25 heteroatoms. The number of nitrogens with two attached hydrogens (primary N) is 2. The van der Waals surface area contributed by atoms with Crippen LogP contribution >= 0.6 is 14.5 Å². The van der Waals surface area contributed by atoms with Crippen LogP contribution in [0.4, 0.5) is 11.8 Å². The SMILES string of the molecule is Nc1nc2c(ncn2C2OC3COP(O)(=S)OC4C5OCC4(COP(=O)(O)OC2C3O)OC5n2cnc3c(N)ncnc32)c(=O)[nH]1. The van der Waals surface area contributed by atoms with Crippen molar-refractivity contribution in [2.75, 3.05) is 31.3 Å². The van der Waals surface area contributed by atoms with E-state index < -0.39 is 81.9 Å². The van der Waals surface area contributed by atoms with Crippen molar-refractivity contribution in [3.05, 3.63) is 29.3 Å². The Kier molecular flexibility index (Phi) is 6.91. The molecule has 4 aliphatic heterocycles. The predicted molar refractivity (Wildman–Crippen MR) is 153 cm³/mol. The lowest BCUT2D eigenvalue weighted by Crippen LogP contribution is -2.45. The molecule has 0 aromatic carbocycles. The van der Waals surface area contributed by atoms with E-state index in [-0.39, 0.29) is 29.5 Å². The molecule has 10 atom stereocenters. The van der Waals surface area contributed by atoms with Crippen molar-refractivity contribution < 1.29 is 51.8 Å². The van der Waals surface area contributed by atoms with Crippen molar-refractivity contribution in [2.45, 2.75) is 48.6 Å². The quantitative estimate of drug-likeness (QED) is 0.125. The van der Waals surface area contributed by atoms with Crippen molar-refractivity contribution >= 4 is 60.4 Å². The van der Waals surface area contributed by atoms with Crippen LogP contribution < -0.4 is 17.0 Å². The van der Waals surface area contributed by atoms with Gasteiger partial charge in [0.2, 0.25) is 5.95 Å². The Hall–Kier alpha value is -3.02. The minimum Gasteiger partial charge on any atom is -0.387 e. The Bertz CT molecular complexity index is 2030. The number of H-pyrrole nitrogens is 1. The molecule has 8 heterocycles. The van der Waals surface area contributed by atoms with Crippen molar-refractivity contribution in [3.63, 3.8) is 0 Å². The molecule has 8 rings (SSSR count). The van der Waals surface area contributed by atoms with Gasteiger partial charge in [-0.25, -0.2) is 24.5 Å². The smallest absolute Gasteiger partial charge is 0.387 e. The van der Waals surface area contributed by atoms with E-state index in [1.807, 2.05) is 0 Å². The molecular formula is C21H24N10O12P2S. The van der Waals surface area contributed by atoms with Crippen molar-refractivity contribution in [3.8, 4) is 0 Å². The fourth-order valence-corrected chi connectivity index (χ4v) is 8.41. The molecule has 22 nitrogen and oxygen atoms in total. The van der Waals surface area contributed by atoms with Crippen LogP contribution in [-0.2, 0) is 48.7 Å². The predicted octanol–water partition coefficient (Wildman–Crippen LogP) is -1.82. The summed E-state index contributed by atoms with van der Waals surface area (Å²) in [5.74, 6) is -0.121. The Morgan fingerprint density at radius 1 is 1.00 bits per heavy atom. The topological polar surface area (TPSA) is 302 Å². The summed E-state index contributed by atoms with van der Waals surface area (Å²) in [5, 5.41) is 11.1. The van der Waals surface area contributed by atoms with Crippen LogP contribution in [0.5, 0.6) is 0 Å². The number of aliphatic hydroxyl groups is 1. The molecule has 0 spiro atoms. The molecule has 246 valence electrons. The average molecular weight is 702 g/mol. The molecular weight excluding hydrogens is 678 g/mol. The molecule has 4 bridgehead atoms. The van der Waals surface area contributed by atoms with Gasteiger partial charge in [0.15, 0.2) is 35.1 Å². The highest BCUT2D eigenvalue weighted by atomic mass is 32.5. The number of imidazole rings is 2. The fraction of sp³-hybridized carbons (Fsp3) is 0.524. The number of fused-ring (bicyclic) bond motifs is 4. The molecule has 4 aromatic heterocycles. The van der Waals surface area contributed by atoms with Crippen molar-refractivity contribution in [2.24, 2.45) is 0 Å². The van der Waals surface area contributed by atoms with E-state index in [0.29, 0.717) is 11.2 Å². The Labute approximate surface area is 260 Å². The van der Waals surface area contributed by atoms with E-state index in [0.717, 1.165) is 6.33 Å². The van der Waals surface area contributed by atoms with Crippen LogP contribution in [0.15, 0.2) is 23.8 Å². The number of phosphoric acid groups is 1. The van der Waals surface area contributed by atoms with Gasteiger partial charge in [0.1, 0.15) is 48.0 Å². The van der Waals surface area contributed by atoms with E-state index in [1.165, 1.54) is 21.8 Å². The highest BCUT2D eigenvalue weighted by molar-refractivity contribution is 8.07. The molecule has 8 N–H and O–H groups in total. The molecule has 46 heavy (non-hydrogen) atoms. The molecule has 4 aliphatic rings. The zero-order valence-electron chi connectivity index (χ0n) is 23.0. The first-order valence-electron chi connectivity index (χ1n) is 13.4. The lowest BCUT2D eigenvalue weighted by molar-refractivity contribution is -0.184. The molecule has 4 saturated heterocycles. The minimum absolute atomic E-state index is 0.0700. The molecule has 4 fully saturated rings. The Morgan fingerprint density at radius 3 is 2.57 bits per heavy atom. The average Bonchev–Trinajstić information content (AvgIpc) is 3.80. The number of rotatable bonds is 2. The largest absolute Gasteiger partial charge is 0.472 e. The second kappa shape index (κ2) is 10.5. The van der Waals surface area contributed by atoms with Crippen LogP contribution in [0.1, 0.15) is 12.5 Å². The maximum Gasteiger partial charge on any atom is 0.472 e. The first-order valence-corrected chi connectivity index (χ1v) is 17.5. The third-order valence-electron chi connectivity index (χ3n) is 8.05. The summed E-state index contributed by atoms with van der Waals surface area (Å²) < 4.78 is 56.7. The van der Waals surface area contributed by atoms with Gasteiger partial charge >= 0.3 is 14.5 Å². The van der Waals surface area contributed by atoms with E-state index in [2.05, 4.69) is 29.9 Å². The highest BCUT2D eigenvalue weighted by Crippen LogP contribution is 2.58. The highest BCUT2D eigenvalue weighted by Gasteiger charge is 2.65. The summed E-state index contributed by atoms with van der Waals surface area (Å²) in [6.45, 7) is -5.58. The number of hydrogen-bond donors (Lipinski definition) is 6. The molecule has 10 unspecified atom stereocenters. The van der Waals surface area contributed by atoms with Gasteiger partial charge in [0, 0.05) is 0 Å². The Morgan fingerprint density at radius 2 is 1.76 bits per heavy atom. The van der Waals surface area contributed by atoms with Crippen molar-refractivity contribution in [1.82, 2.24) is 39.0 Å². The number of nitrogen functional groups attached to an aromatic ring is 2. The standard InChI is InChI=1S/C21H24N10O12P2S/c22-14-8-15(25-4-24-14)30(5-26-8)19-12-13-21(41-19,2-37-12)3-39-44(34,35)42-11-10(32)7(1-38-45(36,46)43-13)40-18(11)31-6-27-9-16(31)28-20(23)29-17(9)33/h4-7,10-13,18-19,32H,1-3H2,(H,34,35)(H,36,46)(H2,22,24,25)(H3,23,28,29,33). The number of aromatic nitrogens is 8. The Balaban J connectivity index is 1.14. The number of hydrogen-bond acceptors (Lipinski definition) is 18. The molecule has 0 amide bonds. The van der Waals surface area contributed by atoms with Crippen LogP contribution in [0.2, 0.25) is 0 Å². The van der Waals surface area contributed by atoms with E-state index >= 15 is 0 Å². The normalized spacial score (nSPS) is 39.7. The second-order valence-electron chi connectivity index (χ2n) is 10.9. The van der Waals surface area contributed by atoms with Gasteiger partial charge in [0.25, 0.3) is 5.56 Å². The molecule has 4 aromatic rings. The van der Waals surface area contributed by atoms with Crippen LogP contribution in [-0.4, -0.2) is 110 Å². The zero-order valence-corrected chi connectivity index (χ0v) is 25.6. The van der Waals surface area contributed by atoms with Crippen LogP contribution in [0, 0.1) is 0 Å². The van der Waals surface area contributed by atoms with Gasteiger partial charge in [-0.2, -0.15) is 4.98 Å². The summed E-state index contributed by atoms with van der Waals surface area (Å²) in [7, 11) is -5.05.